The van der Waals surface area contributed by atoms with Crippen LogP contribution in [0.5, 0.6) is 5.75 Å². The predicted molar refractivity (Wildman–Crippen MR) is 116 cm³/mol. The van der Waals surface area contributed by atoms with Gasteiger partial charge in [0, 0.05) is 18.1 Å². The van der Waals surface area contributed by atoms with Crippen LogP contribution in [0.25, 0.3) is 0 Å². The van der Waals surface area contributed by atoms with E-state index in [2.05, 4.69) is 10.3 Å². The SMILES string of the molecule is COc1ccc(N(CC(=O)Nc2ccc(C)cc2C)S(=O)(=O)c2cccnc2)cc1. The van der Waals surface area contributed by atoms with Crippen molar-refractivity contribution in [3.05, 3.63) is 78.1 Å². The fraction of sp³-hybridized carbons (Fsp3) is 0.182. The summed E-state index contributed by atoms with van der Waals surface area (Å²) in [5, 5.41) is 2.80. The molecule has 7 nitrogen and oxygen atoms in total. The number of nitrogens with zero attached hydrogens (tertiary/aromatic N) is 2. The van der Waals surface area contributed by atoms with E-state index in [1.807, 2.05) is 26.0 Å². The molecule has 1 N–H and O–H groups in total. The fourth-order valence-electron chi connectivity index (χ4n) is 2.96. The van der Waals surface area contributed by atoms with Gasteiger partial charge in [-0.15, -0.1) is 0 Å². The van der Waals surface area contributed by atoms with Gasteiger partial charge in [-0.1, -0.05) is 17.7 Å². The molecule has 0 aliphatic heterocycles. The average molecular weight is 426 g/mol. The van der Waals surface area contributed by atoms with Crippen LogP contribution in [0.4, 0.5) is 11.4 Å². The smallest absolute Gasteiger partial charge is 0.266 e. The van der Waals surface area contributed by atoms with Crippen molar-refractivity contribution < 1.29 is 17.9 Å². The van der Waals surface area contributed by atoms with Gasteiger partial charge in [-0.2, -0.15) is 0 Å². The van der Waals surface area contributed by atoms with Gasteiger partial charge in [-0.05, 0) is 61.9 Å². The van der Waals surface area contributed by atoms with E-state index in [1.165, 1.54) is 31.6 Å². The number of methoxy groups -OCH3 is 1. The first kappa shape index (κ1) is 21.3. The van der Waals surface area contributed by atoms with Crippen molar-refractivity contribution in [3.8, 4) is 5.75 Å². The third-order valence-electron chi connectivity index (χ3n) is 4.53. The van der Waals surface area contributed by atoms with Crippen LogP contribution >= 0.6 is 0 Å². The number of amides is 1. The Labute approximate surface area is 176 Å². The Kier molecular flexibility index (Phi) is 6.37. The number of aryl methyl sites for hydroxylation is 2. The summed E-state index contributed by atoms with van der Waals surface area (Å²) in [7, 11) is -2.48. The summed E-state index contributed by atoms with van der Waals surface area (Å²) < 4.78 is 32.7. The van der Waals surface area contributed by atoms with Gasteiger partial charge in [0.25, 0.3) is 10.0 Å². The van der Waals surface area contributed by atoms with E-state index in [0.717, 1.165) is 15.4 Å². The topological polar surface area (TPSA) is 88.6 Å². The Bertz CT molecular complexity index is 1130. The predicted octanol–water partition coefficient (Wildman–Crippen LogP) is 3.54. The van der Waals surface area contributed by atoms with E-state index >= 15 is 0 Å². The highest BCUT2D eigenvalue weighted by molar-refractivity contribution is 7.92. The summed E-state index contributed by atoms with van der Waals surface area (Å²) in [4.78, 5) is 16.7. The summed E-state index contributed by atoms with van der Waals surface area (Å²) in [6.07, 6.45) is 2.75. The number of carbonyl (C=O) groups excluding carboxylic acids is 1. The molecule has 0 saturated carbocycles. The number of anilines is 2. The zero-order valence-electron chi connectivity index (χ0n) is 17.0. The van der Waals surface area contributed by atoms with Gasteiger partial charge in [0.1, 0.15) is 17.2 Å². The Morgan fingerprint density at radius 2 is 1.83 bits per heavy atom. The van der Waals surface area contributed by atoms with Gasteiger partial charge in [0.15, 0.2) is 0 Å². The lowest BCUT2D eigenvalue weighted by Gasteiger charge is -2.24. The Balaban J connectivity index is 1.93. The van der Waals surface area contributed by atoms with Crippen LogP contribution in [-0.4, -0.2) is 33.0 Å². The number of ether oxygens (including phenoxy) is 1. The normalized spacial score (nSPS) is 11.0. The maximum absolute atomic E-state index is 13.3. The molecule has 1 amide bonds. The maximum atomic E-state index is 13.3. The Hall–Kier alpha value is -3.39. The number of rotatable bonds is 7. The van der Waals surface area contributed by atoms with Gasteiger partial charge < -0.3 is 10.1 Å². The fourth-order valence-corrected chi connectivity index (χ4v) is 4.35. The molecule has 1 heterocycles. The quantitative estimate of drug-likeness (QED) is 0.625. The van der Waals surface area contributed by atoms with E-state index in [-0.39, 0.29) is 4.90 Å². The lowest BCUT2D eigenvalue weighted by Crippen LogP contribution is -2.38. The third kappa shape index (κ3) is 4.77. The van der Waals surface area contributed by atoms with E-state index in [9.17, 15) is 13.2 Å². The average Bonchev–Trinajstić information content (AvgIpc) is 2.75. The molecule has 0 unspecified atom stereocenters. The second-order valence-electron chi connectivity index (χ2n) is 6.76. The lowest BCUT2D eigenvalue weighted by atomic mass is 10.1. The molecule has 1 aromatic heterocycles. The summed E-state index contributed by atoms with van der Waals surface area (Å²) >= 11 is 0. The molecule has 2 aromatic carbocycles. The number of benzene rings is 2. The van der Waals surface area contributed by atoms with E-state index in [4.69, 9.17) is 4.74 Å². The van der Waals surface area contributed by atoms with Crippen LogP contribution in [-0.2, 0) is 14.8 Å². The van der Waals surface area contributed by atoms with Gasteiger partial charge in [-0.3, -0.25) is 14.1 Å². The highest BCUT2D eigenvalue weighted by atomic mass is 32.2. The van der Waals surface area contributed by atoms with Crippen molar-refractivity contribution in [1.29, 1.82) is 0 Å². The molecule has 8 heteroatoms. The highest BCUT2D eigenvalue weighted by Crippen LogP contribution is 2.26. The molecule has 0 spiro atoms. The van der Waals surface area contributed by atoms with Gasteiger partial charge >= 0.3 is 0 Å². The Morgan fingerprint density at radius 3 is 2.43 bits per heavy atom. The van der Waals surface area contributed by atoms with Crippen molar-refractivity contribution in [3.63, 3.8) is 0 Å². The lowest BCUT2D eigenvalue weighted by molar-refractivity contribution is -0.114. The molecule has 0 aliphatic rings. The molecule has 0 fully saturated rings. The number of nitrogens with one attached hydrogen (secondary N) is 1. The minimum absolute atomic E-state index is 0.000125. The molecule has 156 valence electrons. The number of hydrogen-bond donors (Lipinski definition) is 1. The summed E-state index contributed by atoms with van der Waals surface area (Å²) in [5.74, 6) is 0.127. The van der Waals surface area contributed by atoms with Crippen molar-refractivity contribution in [1.82, 2.24) is 4.98 Å². The largest absolute Gasteiger partial charge is 0.497 e. The maximum Gasteiger partial charge on any atom is 0.266 e. The van der Waals surface area contributed by atoms with Gasteiger partial charge in [-0.25, -0.2) is 8.42 Å². The monoisotopic (exact) mass is 425 g/mol. The highest BCUT2D eigenvalue weighted by Gasteiger charge is 2.27. The van der Waals surface area contributed by atoms with Gasteiger partial charge in [0.05, 0.1) is 12.8 Å². The number of sulfonamides is 1. The zero-order valence-corrected chi connectivity index (χ0v) is 17.8. The molecule has 0 bridgehead atoms. The first-order valence-corrected chi connectivity index (χ1v) is 10.7. The van der Waals surface area contributed by atoms with Crippen LogP contribution in [0.3, 0.4) is 0 Å². The van der Waals surface area contributed by atoms with E-state index in [1.54, 1.807) is 30.3 Å². The Morgan fingerprint density at radius 1 is 1.10 bits per heavy atom. The molecular weight excluding hydrogens is 402 g/mol. The van der Waals surface area contributed by atoms with Crippen LogP contribution in [0.15, 0.2) is 71.9 Å². The zero-order chi connectivity index (χ0) is 21.7. The van der Waals surface area contributed by atoms with Gasteiger partial charge in [0.2, 0.25) is 5.91 Å². The molecule has 0 atom stereocenters. The van der Waals surface area contributed by atoms with E-state index in [0.29, 0.717) is 17.1 Å². The number of aromatic nitrogens is 1. The van der Waals surface area contributed by atoms with Crippen molar-refractivity contribution in [2.24, 2.45) is 0 Å². The molecule has 3 aromatic rings. The van der Waals surface area contributed by atoms with Crippen LogP contribution in [0.1, 0.15) is 11.1 Å². The van der Waals surface area contributed by atoms with Crippen molar-refractivity contribution in [2.75, 3.05) is 23.3 Å². The first-order chi connectivity index (χ1) is 14.3. The van der Waals surface area contributed by atoms with Crippen molar-refractivity contribution in [2.45, 2.75) is 18.7 Å². The first-order valence-electron chi connectivity index (χ1n) is 9.25. The minimum atomic E-state index is -4.01. The number of hydrogen-bond acceptors (Lipinski definition) is 5. The summed E-state index contributed by atoms with van der Waals surface area (Å²) in [6, 6.07) is 15.1. The molecule has 30 heavy (non-hydrogen) atoms. The van der Waals surface area contributed by atoms with Crippen molar-refractivity contribution >= 4 is 27.3 Å². The van der Waals surface area contributed by atoms with E-state index < -0.39 is 22.5 Å². The standard InChI is InChI=1S/C22H23N3O4S/c1-16-6-11-21(17(2)13-16)24-22(26)15-25(18-7-9-19(29-3)10-8-18)30(27,28)20-5-4-12-23-14-20/h4-14H,15H2,1-3H3,(H,24,26). The second-order valence-corrected chi connectivity index (χ2v) is 8.63. The molecular formula is C22H23N3O4S. The molecule has 0 saturated heterocycles. The summed E-state index contributed by atoms with van der Waals surface area (Å²) in [5.41, 5.74) is 2.95. The number of carbonyl (C=O) groups is 1. The summed E-state index contributed by atoms with van der Waals surface area (Å²) in [6.45, 7) is 3.46. The molecule has 0 aliphatic carbocycles. The minimum Gasteiger partial charge on any atom is -0.497 e. The van der Waals surface area contributed by atoms with Crippen LogP contribution in [0, 0.1) is 13.8 Å². The molecule has 3 rings (SSSR count). The second kappa shape index (κ2) is 8.96. The molecule has 0 radical (unpaired) electrons. The third-order valence-corrected chi connectivity index (χ3v) is 6.28. The van der Waals surface area contributed by atoms with Crippen LogP contribution < -0.4 is 14.4 Å². The number of pyridine rings is 1. The van der Waals surface area contributed by atoms with Crippen LogP contribution in [0.2, 0.25) is 0 Å².